The predicted octanol–water partition coefficient (Wildman–Crippen LogP) is 2.73. The largest absolute Gasteiger partial charge is 0.465 e. The Morgan fingerprint density at radius 1 is 1.04 bits per heavy atom. The minimum absolute atomic E-state index is 0.0418. The molecule has 0 radical (unpaired) electrons. The Hall–Kier alpha value is -2.34. The van der Waals surface area contributed by atoms with Gasteiger partial charge in [-0.1, -0.05) is 18.2 Å². The maximum Gasteiger partial charge on any atom is 0.341 e. The van der Waals surface area contributed by atoms with Crippen LogP contribution in [-0.2, 0) is 27.7 Å². The van der Waals surface area contributed by atoms with Gasteiger partial charge in [-0.05, 0) is 54.7 Å². The van der Waals surface area contributed by atoms with E-state index < -0.39 is 16.1 Å². The Morgan fingerprint density at radius 2 is 1.78 bits per heavy atom. The number of hydrogen-bond acceptors (Lipinski definition) is 5. The first-order chi connectivity index (χ1) is 11.0. The number of aryl methyl sites for hydroxylation is 2. The summed E-state index contributed by atoms with van der Waals surface area (Å²) in [5.41, 5.74) is 2.29. The highest BCUT2D eigenvalue weighted by atomic mass is 32.2. The van der Waals surface area contributed by atoms with Gasteiger partial charge in [0.05, 0.1) is 7.11 Å². The Balaban J connectivity index is 1.95. The lowest BCUT2D eigenvalue weighted by Gasteiger charge is -2.11. The maximum absolute atomic E-state index is 12.5. The molecule has 0 bridgehead atoms. The van der Waals surface area contributed by atoms with Crippen LogP contribution in [0.5, 0.6) is 5.75 Å². The molecule has 0 atom stereocenters. The molecular weight excluding hydrogens is 316 g/mol. The fourth-order valence-electron chi connectivity index (χ4n) is 2.69. The molecule has 0 aliphatic heterocycles. The summed E-state index contributed by atoms with van der Waals surface area (Å²) in [6.07, 6.45) is 2.88. The Morgan fingerprint density at radius 3 is 2.57 bits per heavy atom. The van der Waals surface area contributed by atoms with Crippen molar-refractivity contribution >= 4 is 16.1 Å². The summed E-state index contributed by atoms with van der Waals surface area (Å²) in [6, 6.07) is 11.1. The van der Waals surface area contributed by atoms with E-state index in [0.717, 1.165) is 24.8 Å². The van der Waals surface area contributed by atoms with Crippen LogP contribution in [0.1, 0.15) is 27.9 Å². The van der Waals surface area contributed by atoms with Crippen molar-refractivity contribution in [1.29, 1.82) is 0 Å². The molecular formula is C17H16O5S. The van der Waals surface area contributed by atoms with Crippen molar-refractivity contribution in [3.05, 3.63) is 59.2 Å². The van der Waals surface area contributed by atoms with Crippen LogP contribution in [0.2, 0.25) is 0 Å². The topological polar surface area (TPSA) is 69.7 Å². The number of benzene rings is 2. The molecule has 0 spiro atoms. The maximum atomic E-state index is 12.5. The van der Waals surface area contributed by atoms with E-state index in [2.05, 4.69) is 4.74 Å². The van der Waals surface area contributed by atoms with Crippen molar-refractivity contribution in [2.24, 2.45) is 0 Å². The van der Waals surface area contributed by atoms with Crippen LogP contribution in [0.15, 0.2) is 47.4 Å². The van der Waals surface area contributed by atoms with Gasteiger partial charge in [0.1, 0.15) is 10.5 Å². The van der Waals surface area contributed by atoms with Crippen LogP contribution >= 0.6 is 0 Å². The second-order valence-electron chi connectivity index (χ2n) is 5.31. The minimum Gasteiger partial charge on any atom is -0.465 e. The summed E-state index contributed by atoms with van der Waals surface area (Å²) < 4.78 is 34.8. The van der Waals surface area contributed by atoms with Gasteiger partial charge in [-0.25, -0.2) is 4.79 Å². The first kappa shape index (κ1) is 15.6. The number of hydrogen-bond donors (Lipinski definition) is 0. The lowest BCUT2D eigenvalue weighted by atomic mass is 10.1. The van der Waals surface area contributed by atoms with Gasteiger partial charge in [0.25, 0.3) is 0 Å². The molecule has 120 valence electrons. The second-order valence-corrected chi connectivity index (χ2v) is 6.86. The van der Waals surface area contributed by atoms with Crippen molar-refractivity contribution in [3.63, 3.8) is 0 Å². The summed E-state index contributed by atoms with van der Waals surface area (Å²) >= 11 is 0. The molecule has 1 aliphatic carbocycles. The quantitative estimate of drug-likeness (QED) is 0.636. The number of ether oxygens (including phenoxy) is 1. The molecule has 0 saturated carbocycles. The molecule has 6 heteroatoms. The molecule has 0 aromatic heterocycles. The Labute approximate surface area is 135 Å². The molecule has 0 N–H and O–H groups in total. The molecule has 3 rings (SSSR count). The molecule has 1 aliphatic rings. The molecule has 0 fully saturated rings. The summed E-state index contributed by atoms with van der Waals surface area (Å²) in [4.78, 5) is 11.8. The number of esters is 1. The molecule has 0 unspecified atom stereocenters. The smallest absolute Gasteiger partial charge is 0.341 e. The number of rotatable bonds is 4. The van der Waals surface area contributed by atoms with Gasteiger partial charge in [-0.2, -0.15) is 8.42 Å². The zero-order valence-electron chi connectivity index (χ0n) is 12.6. The summed E-state index contributed by atoms with van der Waals surface area (Å²) in [5, 5.41) is 0. The van der Waals surface area contributed by atoms with Gasteiger partial charge in [-0.15, -0.1) is 0 Å². The number of carbonyl (C=O) groups excluding carboxylic acids is 1. The van der Waals surface area contributed by atoms with Crippen LogP contribution in [0.4, 0.5) is 0 Å². The number of para-hydroxylation sites is 1. The molecule has 5 nitrogen and oxygen atoms in total. The predicted molar refractivity (Wildman–Crippen MR) is 84.1 cm³/mol. The highest BCUT2D eigenvalue weighted by molar-refractivity contribution is 7.87. The number of carbonyl (C=O) groups is 1. The summed E-state index contributed by atoms with van der Waals surface area (Å²) in [6.45, 7) is 0. The standard InChI is InChI=1S/C17H16O5S/c1-21-17(18)15-7-2-3-8-16(15)22-23(19,20)14-10-9-12-5-4-6-13(12)11-14/h2-3,7-11H,4-6H2,1H3. The molecule has 2 aromatic carbocycles. The van der Waals surface area contributed by atoms with Gasteiger partial charge in [-0.3, -0.25) is 0 Å². The monoisotopic (exact) mass is 332 g/mol. The Bertz CT molecular complexity index is 855. The molecule has 2 aromatic rings. The lowest BCUT2D eigenvalue weighted by molar-refractivity contribution is 0.0599. The summed E-state index contributed by atoms with van der Waals surface area (Å²) in [7, 11) is -2.78. The first-order valence-corrected chi connectivity index (χ1v) is 8.66. The van der Waals surface area contributed by atoms with Gasteiger partial charge < -0.3 is 8.92 Å². The van der Waals surface area contributed by atoms with Crippen LogP contribution in [-0.4, -0.2) is 21.5 Å². The van der Waals surface area contributed by atoms with E-state index in [4.69, 9.17) is 4.18 Å². The first-order valence-electron chi connectivity index (χ1n) is 7.25. The van der Waals surface area contributed by atoms with E-state index >= 15 is 0 Å². The average Bonchev–Trinajstić information content (AvgIpc) is 3.02. The van der Waals surface area contributed by atoms with Crippen molar-refractivity contribution in [1.82, 2.24) is 0 Å². The molecule has 0 saturated heterocycles. The van der Waals surface area contributed by atoms with E-state index in [1.54, 1.807) is 24.3 Å². The van der Waals surface area contributed by atoms with E-state index in [1.807, 2.05) is 6.07 Å². The normalized spacial score (nSPS) is 13.4. The molecule has 23 heavy (non-hydrogen) atoms. The van der Waals surface area contributed by atoms with Gasteiger partial charge in [0.15, 0.2) is 5.75 Å². The summed E-state index contributed by atoms with van der Waals surface area (Å²) in [5.74, 6) is -0.690. The lowest BCUT2D eigenvalue weighted by Crippen LogP contribution is -2.13. The van der Waals surface area contributed by atoms with Crippen LogP contribution < -0.4 is 4.18 Å². The van der Waals surface area contributed by atoms with E-state index in [0.29, 0.717) is 0 Å². The van der Waals surface area contributed by atoms with Crippen molar-refractivity contribution in [2.45, 2.75) is 24.2 Å². The van der Waals surface area contributed by atoms with Crippen LogP contribution in [0.25, 0.3) is 0 Å². The van der Waals surface area contributed by atoms with E-state index in [1.165, 1.54) is 24.8 Å². The van der Waals surface area contributed by atoms with Crippen molar-refractivity contribution in [2.75, 3.05) is 7.11 Å². The van der Waals surface area contributed by atoms with E-state index in [-0.39, 0.29) is 16.2 Å². The fraction of sp³-hybridized carbons (Fsp3) is 0.235. The third kappa shape index (κ3) is 3.07. The zero-order valence-corrected chi connectivity index (χ0v) is 13.4. The molecule has 0 amide bonds. The molecule has 0 heterocycles. The van der Waals surface area contributed by atoms with Gasteiger partial charge >= 0.3 is 16.1 Å². The third-order valence-electron chi connectivity index (χ3n) is 3.85. The highest BCUT2D eigenvalue weighted by Gasteiger charge is 2.23. The highest BCUT2D eigenvalue weighted by Crippen LogP contribution is 2.27. The third-order valence-corrected chi connectivity index (χ3v) is 5.08. The van der Waals surface area contributed by atoms with Crippen molar-refractivity contribution in [3.8, 4) is 5.75 Å². The minimum atomic E-state index is -4.01. The van der Waals surface area contributed by atoms with Crippen molar-refractivity contribution < 1.29 is 22.1 Å². The van der Waals surface area contributed by atoms with Gasteiger partial charge in [0, 0.05) is 0 Å². The Kier molecular flexibility index (Phi) is 4.09. The van der Waals surface area contributed by atoms with Crippen LogP contribution in [0.3, 0.4) is 0 Å². The van der Waals surface area contributed by atoms with Gasteiger partial charge in [0.2, 0.25) is 0 Å². The van der Waals surface area contributed by atoms with Crippen LogP contribution in [0, 0.1) is 0 Å². The second kappa shape index (κ2) is 6.04. The fourth-order valence-corrected chi connectivity index (χ4v) is 3.69. The number of methoxy groups -OCH3 is 1. The number of fused-ring (bicyclic) bond motifs is 1. The van der Waals surface area contributed by atoms with E-state index in [9.17, 15) is 13.2 Å². The SMILES string of the molecule is COC(=O)c1ccccc1OS(=O)(=O)c1ccc2c(c1)CCC2. The zero-order chi connectivity index (χ0) is 16.4. The average molecular weight is 332 g/mol.